The van der Waals surface area contributed by atoms with Gasteiger partial charge in [-0.05, 0) is 44.9 Å². The van der Waals surface area contributed by atoms with E-state index in [0.717, 1.165) is 49.6 Å². The molecule has 0 aromatic carbocycles. The molecular weight excluding hydrogens is 438 g/mol. The molecule has 174 valence electrons. The van der Waals surface area contributed by atoms with E-state index >= 15 is 0 Å². The highest BCUT2D eigenvalue weighted by molar-refractivity contribution is 7.21. The van der Waals surface area contributed by atoms with Crippen LogP contribution in [-0.4, -0.2) is 66.3 Å². The number of methoxy groups -OCH3 is 1. The summed E-state index contributed by atoms with van der Waals surface area (Å²) in [5, 5.41) is 6.49. The summed E-state index contributed by atoms with van der Waals surface area (Å²) < 4.78 is 5.61. The van der Waals surface area contributed by atoms with Crippen molar-refractivity contribution in [1.29, 1.82) is 0 Å². The van der Waals surface area contributed by atoms with E-state index in [4.69, 9.17) is 15.5 Å². The maximum atomic E-state index is 13.0. The second kappa shape index (κ2) is 8.85. The smallest absolute Gasteiger partial charge is 0.263 e. The van der Waals surface area contributed by atoms with E-state index in [9.17, 15) is 4.79 Å². The third-order valence-corrected chi connectivity index (χ3v) is 7.70. The normalized spacial score (nSPS) is 22.5. The van der Waals surface area contributed by atoms with Gasteiger partial charge in [-0.15, -0.1) is 11.3 Å². The number of aryl methyl sites for hydroxylation is 2. The van der Waals surface area contributed by atoms with Crippen LogP contribution in [0.25, 0.3) is 10.3 Å². The summed E-state index contributed by atoms with van der Waals surface area (Å²) in [6.45, 7) is 3.57. The van der Waals surface area contributed by atoms with E-state index in [1.54, 1.807) is 13.3 Å². The second-order valence-corrected chi connectivity index (χ2v) is 9.77. The van der Waals surface area contributed by atoms with Crippen molar-refractivity contribution in [3.8, 4) is 0 Å². The van der Waals surface area contributed by atoms with E-state index in [0.29, 0.717) is 27.0 Å². The Morgan fingerprint density at radius 1 is 1.30 bits per heavy atom. The minimum atomic E-state index is -0.159. The summed E-state index contributed by atoms with van der Waals surface area (Å²) in [7, 11) is 3.73. The molecule has 0 radical (unpaired) electrons. The molecule has 33 heavy (non-hydrogen) atoms. The van der Waals surface area contributed by atoms with Crippen molar-refractivity contribution >= 4 is 39.1 Å². The molecule has 0 unspecified atom stereocenters. The molecule has 2 aliphatic rings. The molecule has 0 spiro atoms. The van der Waals surface area contributed by atoms with E-state index in [2.05, 4.69) is 37.6 Å². The first kappa shape index (κ1) is 22.0. The molecule has 0 bridgehead atoms. The SMILES string of the molecule is CN[C@H]1CN(c2ccc3c(n2)CC[C@H](NC(=O)c2sc4nc(C)cnc4c2N)C3)C[C@H]1OC. The van der Waals surface area contributed by atoms with Gasteiger partial charge in [0, 0.05) is 38.1 Å². The molecule has 1 saturated heterocycles. The standard InChI is InChI=1S/C23H29N7O2S/c1-12-9-26-20-19(24)21(33-23(20)27-12)22(31)28-14-5-6-15-13(8-14)4-7-18(29-15)30-10-16(25-2)17(11-30)32-3/h4,7,9,14,16-17,25H,5-6,8,10-11,24H2,1-3H3,(H,28,31)/t14-,16-,17+/m0/s1. The zero-order chi connectivity index (χ0) is 23.1. The number of carbonyl (C=O) groups excluding carboxylic acids is 1. The van der Waals surface area contributed by atoms with Crippen molar-refractivity contribution in [2.75, 3.05) is 37.9 Å². The number of amides is 1. The molecule has 1 aliphatic heterocycles. The molecule has 0 saturated carbocycles. The van der Waals surface area contributed by atoms with E-state index in [-0.39, 0.29) is 18.1 Å². The molecule has 5 rings (SSSR count). The van der Waals surface area contributed by atoms with Crippen LogP contribution in [0.2, 0.25) is 0 Å². The van der Waals surface area contributed by atoms with Crippen LogP contribution in [0.4, 0.5) is 11.5 Å². The van der Waals surface area contributed by atoms with Crippen LogP contribution in [-0.2, 0) is 17.6 Å². The van der Waals surface area contributed by atoms with Crippen LogP contribution < -0.4 is 21.3 Å². The lowest BCUT2D eigenvalue weighted by molar-refractivity contribution is 0.0938. The van der Waals surface area contributed by atoms with Gasteiger partial charge in [0.2, 0.25) is 0 Å². The average Bonchev–Trinajstić information content (AvgIpc) is 3.39. The Morgan fingerprint density at radius 3 is 2.91 bits per heavy atom. The molecule has 3 aromatic heterocycles. The van der Waals surface area contributed by atoms with E-state index in [1.807, 2.05) is 14.0 Å². The maximum absolute atomic E-state index is 13.0. The van der Waals surface area contributed by atoms with E-state index in [1.165, 1.54) is 16.9 Å². The maximum Gasteiger partial charge on any atom is 0.263 e. The lowest BCUT2D eigenvalue weighted by atomic mass is 9.91. The number of hydrogen-bond donors (Lipinski definition) is 3. The molecule has 3 aromatic rings. The van der Waals surface area contributed by atoms with Crippen molar-refractivity contribution in [1.82, 2.24) is 25.6 Å². The Hall–Kier alpha value is -2.82. The number of nitrogen functional groups attached to an aromatic ring is 1. The summed E-state index contributed by atoms with van der Waals surface area (Å²) in [4.78, 5) is 30.2. The summed E-state index contributed by atoms with van der Waals surface area (Å²) in [6.07, 6.45) is 4.26. The summed E-state index contributed by atoms with van der Waals surface area (Å²) in [5.74, 6) is 0.832. The number of rotatable bonds is 5. The second-order valence-electron chi connectivity index (χ2n) is 8.77. The number of nitrogens with zero attached hydrogens (tertiary/aromatic N) is 4. The average molecular weight is 468 g/mol. The highest BCUT2D eigenvalue weighted by atomic mass is 32.1. The molecular formula is C23H29N7O2S. The minimum absolute atomic E-state index is 0.0447. The predicted octanol–water partition coefficient (Wildman–Crippen LogP) is 1.69. The van der Waals surface area contributed by atoms with Gasteiger partial charge in [-0.1, -0.05) is 6.07 Å². The number of carbonyl (C=O) groups is 1. The molecule has 3 atom stereocenters. The fraction of sp³-hybridized carbons (Fsp3) is 0.478. The quantitative estimate of drug-likeness (QED) is 0.519. The third-order valence-electron chi connectivity index (χ3n) is 6.61. The molecule has 1 fully saturated rings. The number of aromatic nitrogens is 3. The molecule has 1 amide bonds. The van der Waals surface area contributed by atoms with Crippen molar-refractivity contribution in [3.05, 3.63) is 40.2 Å². The number of nitrogens with one attached hydrogen (secondary N) is 2. The van der Waals surface area contributed by atoms with Gasteiger partial charge in [-0.2, -0.15) is 0 Å². The van der Waals surface area contributed by atoms with Gasteiger partial charge in [-0.3, -0.25) is 4.79 Å². The van der Waals surface area contributed by atoms with Crippen molar-refractivity contribution in [2.24, 2.45) is 0 Å². The first-order valence-electron chi connectivity index (χ1n) is 11.2. The third kappa shape index (κ3) is 4.14. The monoisotopic (exact) mass is 467 g/mol. The van der Waals surface area contributed by atoms with Crippen LogP contribution in [0, 0.1) is 6.92 Å². The Bertz CT molecular complexity index is 1190. The number of pyridine rings is 1. The van der Waals surface area contributed by atoms with Crippen LogP contribution in [0.5, 0.6) is 0 Å². The Labute approximate surface area is 196 Å². The lowest BCUT2D eigenvalue weighted by Crippen LogP contribution is -2.39. The van der Waals surface area contributed by atoms with Gasteiger partial charge < -0.3 is 26.0 Å². The Balaban J connectivity index is 1.27. The number of hydrogen-bond acceptors (Lipinski definition) is 9. The van der Waals surface area contributed by atoms with Gasteiger partial charge in [0.25, 0.3) is 5.91 Å². The van der Waals surface area contributed by atoms with Gasteiger partial charge in [0.1, 0.15) is 21.0 Å². The molecule has 4 heterocycles. The molecule has 1 aliphatic carbocycles. The van der Waals surface area contributed by atoms with Crippen molar-refractivity contribution in [3.63, 3.8) is 0 Å². The zero-order valence-electron chi connectivity index (χ0n) is 19.1. The number of likely N-dealkylation sites (N-methyl/N-ethyl adjacent to an activating group) is 1. The predicted molar refractivity (Wildman–Crippen MR) is 130 cm³/mol. The van der Waals surface area contributed by atoms with Gasteiger partial charge in [0.05, 0.1) is 23.5 Å². The zero-order valence-corrected chi connectivity index (χ0v) is 19.9. The number of anilines is 2. The summed E-state index contributed by atoms with van der Waals surface area (Å²) in [5.41, 5.74) is 10.3. The van der Waals surface area contributed by atoms with Crippen LogP contribution >= 0.6 is 11.3 Å². The van der Waals surface area contributed by atoms with Crippen molar-refractivity contribution < 1.29 is 9.53 Å². The Morgan fingerprint density at radius 2 is 2.15 bits per heavy atom. The van der Waals surface area contributed by atoms with Crippen LogP contribution in [0.15, 0.2) is 18.3 Å². The van der Waals surface area contributed by atoms with Gasteiger partial charge in [0.15, 0.2) is 0 Å². The molecule has 9 nitrogen and oxygen atoms in total. The van der Waals surface area contributed by atoms with Crippen LogP contribution in [0.3, 0.4) is 0 Å². The van der Waals surface area contributed by atoms with Crippen LogP contribution in [0.1, 0.15) is 33.0 Å². The van der Waals surface area contributed by atoms with Gasteiger partial charge in [-0.25, -0.2) is 15.0 Å². The molecule has 4 N–H and O–H groups in total. The summed E-state index contributed by atoms with van der Waals surface area (Å²) in [6, 6.07) is 4.57. The fourth-order valence-electron chi connectivity index (χ4n) is 4.77. The number of fused-ring (bicyclic) bond motifs is 2. The topological polar surface area (TPSA) is 118 Å². The van der Waals surface area contributed by atoms with E-state index < -0.39 is 0 Å². The largest absolute Gasteiger partial charge is 0.396 e. The number of nitrogens with two attached hydrogens (primary N) is 1. The highest BCUT2D eigenvalue weighted by Crippen LogP contribution is 2.31. The fourth-order valence-corrected chi connectivity index (χ4v) is 5.77. The number of ether oxygens (including phenoxy) is 1. The first-order chi connectivity index (χ1) is 16.0. The van der Waals surface area contributed by atoms with Gasteiger partial charge >= 0.3 is 0 Å². The van der Waals surface area contributed by atoms with Crippen molar-refractivity contribution in [2.45, 2.75) is 44.4 Å². The molecule has 10 heteroatoms. The number of thiophene rings is 1. The Kier molecular flexibility index (Phi) is 5.90. The highest BCUT2D eigenvalue weighted by Gasteiger charge is 2.33. The lowest BCUT2D eigenvalue weighted by Gasteiger charge is -2.26. The summed E-state index contributed by atoms with van der Waals surface area (Å²) >= 11 is 1.30. The minimum Gasteiger partial charge on any atom is -0.396 e. The first-order valence-corrected chi connectivity index (χ1v) is 12.0.